The maximum Gasteiger partial charge on any atom is 0.257 e. The van der Waals surface area contributed by atoms with E-state index < -0.39 is 0 Å². The molecule has 0 saturated carbocycles. The van der Waals surface area contributed by atoms with E-state index in [-0.39, 0.29) is 5.91 Å². The number of amides is 1. The van der Waals surface area contributed by atoms with Crippen molar-refractivity contribution in [3.63, 3.8) is 0 Å². The Morgan fingerprint density at radius 1 is 1.13 bits per heavy atom. The number of methoxy groups -OCH3 is 1. The fourth-order valence-electron chi connectivity index (χ4n) is 2.56. The summed E-state index contributed by atoms with van der Waals surface area (Å²) in [4.78, 5) is 14.3. The van der Waals surface area contributed by atoms with Crippen molar-refractivity contribution in [1.29, 1.82) is 0 Å². The molecule has 0 aromatic heterocycles. The first-order valence-electron chi connectivity index (χ1n) is 7.46. The fourth-order valence-corrected chi connectivity index (χ4v) is 2.56. The molecule has 0 aliphatic carbocycles. The average Bonchev–Trinajstić information content (AvgIpc) is 2.60. The van der Waals surface area contributed by atoms with Crippen LogP contribution in [-0.4, -0.2) is 38.2 Å². The molecule has 0 saturated heterocycles. The molecule has 0 unspecified atom stereocenters. The van der Waals surface area contributed by atoms with E-state index in [9.17, 15) is 4.79 Å². The molecule has 5 nitrogen and oxygen atoms in total. The minimum absolute atomic E-state index is 0.0858. The quantitative estimate of drug-likeness (QED) is 0.871. The Kier molecular flexibility index (Phi) is 4.37. The lowest BCUT2D eigenvalue weighted by Gasteiger charge is -2.21. The summed E-state index contributed by atoms with van der Waals surface area (Å²) in [7, 11) is 3.33. The minimum Gasteiger partial charge on any atom is -0.496 e. The molecule has 0 radical (unpaired) electrons. The molecule has 1 aliphatic heterocycles. The number of hydrogen-bond donors (Lipinski definition) is 0. The third-order valence-corrected chi connectivity index (χ3v) is 3.71. The predicted octanol–water partition coefficient (Wildman–Crippen LogP) is 2.74. The number of rotatable bonds is 4. The summed E-state index contributed by atoms with van der Waals surface area (Å²) in [5.41, 5.74) is 1.54. The van der Waals surface area contributed by atoms with Gasteiger partial charge < -0.3 is 19.1 Å². The smallest absolute Gasteiger partial charge is 0.257 e. The number of carbonyl (C=O) groups excluding carboxylic acids is 1. The highest BCUT2D eigenvalue weighted by atomic mass is 16.6. The van der Waals surface area contributed by atoms with E-state index >= 15 is 0 Å². The third kappa shape index (κ3) is 3.23. The molecule has 120 valence electrons. The summed E-state index contributed by atoms with van der Waals surface area (Å²) in [6.07, 6.45) is 0. The Morgan fingerprint density at radius 2 is 1.87 bits per heavy atom. The Hall–Kier alpha value is -2.69. The summed E-state index contributed by atoms with van der Waals surface area (Å²) in [6, 6.07) is 13.0. The lowest BCUT2D eigenvalue weighted by atomic mass is 10.1. The Balaban J connectivity index is 1.76. The van der Waals surface area contributed by atoms with Gasteiger partial charge in [0.2, 0.25) is 0 Å². The molecule has 1 aliphatic rings. The van der Waals surface area contributed by atoms with Crippen LogP contribution in [0, 0.1) is 0 Å². The number of nitrogens with zero attached hydrogens (tertiary/aromatic N) is 1. The molecule has 23 heavy (non-hydrogen) atoms. The van der Waals surface area contributed by atoms with Crippen LogP contribution in [0.5, 0.6) is 17.2 Å². The monoisotopic (exact) mass is 313 g/mol. The Labute approximate surface area is 135 Å². The molecule has 5 heteroatoms. The van der Waals surface area contributed by atoms with E-state index in [1.807, 2.05) is 30.3 Å². The van der Waals surface area contributed by atoms with Crippen LogP contribution in [0.15, 0.2) is 42.5 Å². The second kappa shape index (κ2) is 6.60. The molecular weight excluding hydrogens is 294 g/mol. The first-order chi connectivity index (χ1) is 11.2. The van der Waals surface area contributed by atoms with E-state index in [2.05, 4.69) is 0 Å². The van der Waals surface area contributed by atoms with Crippen LogP contribution in [0.4, 0.5) is 0 Å². The van der Waals surface area contributed by atoms with Gasteiger partial charge in [-0.15, -0.1) is 0 Å². The number of ether oxygens (including phenoxy) is 3. The highest BCUT2D eigenvalue weighted by molar-refractivity contribution is 5.96. The Bertz CT molecular complexity index is 714. The van der Waals surface area contributed by atoms with Crippen LogP contribution in [0.3, 0.4) is 0 Å². The van der Waals surface area contributed by atoms with Gasteiger partial charge in [-0.05, 0) is 29.8 Å². The van der Waals surface area contributed by atoms with E-state index in [0.717, 1.165) is 17.1 Å². The first kappa shape index (κ1) is 15.2. The number of fused-ring (bicyclic) bond motifs is 1. The minimum atomic E-state index is -0.0858. The molecule has 0 spiro atoms. The maximum atomic E-state index is 12.6. The average molecular weight is 313 g/mol. The first-order valence-corrected chi connectivity index (χ1v) is 7.46. The normalized spacial score (nSPS) is 12.6. The van der Waals surface area contributed by atoms with Gasteiger partial charge in [0, 0.05) is 13.6 Å². The molecule has 0 N–H and O–H groups in total. The summed E-state index contributed by atoms with van der Waals surface area (Å²) < 4.78 is 16.3. The standard InChI is InChI=1S/C18H19NO4/c1-19(18(20)14-5-3-4-6-15(14)21-2)12-13-7-8-16-17(11-13)23-10-9-22-16/h3-8,11H,9-10,12H2,1-2H3. The zero-order valence-electron chi connectivity index (χ0n) is 13.2. The number of carbonyl (C=O) groups is 1. The third-order valence-electron chi connectivity index (χ3n) is 3.71. The SMILES string of the molecule is COc1ccccc1C(=O)N(C)Cc1ccc2c(c1)OCCO2. The van der Waals surface area contributed by atoms with Crippen molar-refractivity contribution in [1.82, 2.24) is 4.90 Å². The molecular formula is C18H19NO4. The van der Waals surface area contributed by atoms with Crippen molar-refractivity contribution >= 4 is 5.91 Å². The van der Waals surface area contributed by atoms with Gasteiger partial charge in [-0.25, -0.2) is 0 Å². The maximum absolute atomic E-state index is 12.6. The van der Waals surface area contributed by atoms with Crippen molar-refractivity contribution in [2.24, 2.45) is 0 Å². The van der Waals surface area contributed by atoms with Crippen LogP contribution < -0.4 is 14.2 Å². The molecule has 1 amide bonds. The van der Waals surface area contributed by atoms with Crippen molar-refractivity contribution in [2.45, 2.75) is 6.54 Å². The second-order valence-corrected chi connectivity index (χ2v) is 5.34. The highest BCUT2D eigenvalue weighted by Crippen LogP contribution is 2.31. The number of hydrogen-bond acceptors (Lipinski definition) is 4. The number of para-hydroxylation sites is 1. The van der Waals surface area contributed by atoms with Gasteiger partial charge in [-0.3, -0.25) is 4.79 Å². The lowest BCUT2D eigenvalue weighted by Crippen LogP contribution is -2.26. The second-order valence-electron chi connectivity index (χ2n) is 5.34. The molecule has 0 bridgehead atoms. The van der Waals surface area contributed by atoms with Crippen LogP contribution in [-0.2, 0) is 6.54 Å². The molecule has 1 heterocycles. The van der Waals surface area contributed by atoms with Crippen LogP contribution in [0.2, 0.25) is 0 Å². The van der Waals surface area contributed by atoms with Crippen molar-refractivity contribution < 1.29 is 19.0 Å². The number of benzene rings is 2. The van der Waals surface area contributed by atoms with Gasteiger partial charge in [0.25, 0.3) is 5.91 Å². The fraction of sp³-hybridized carbons (Fsp3) is 0.278. The zero-order valence-corrected chi connectivity index (χ0v) is 13.2. The van der Waals surface area contributed by atoms with Crippen molar-refractivity contribution in [3.8, 4) is 17.2 Å². The largest absolute Gasteiger partial charge is 0.496 e. The molecule has 2 aromatic rings. The lowest BCUT2D eigenvalue weighted by molar-refractivity contribution is 0.0781. The topological polar surface area (TPSA) is 48.0 Å². The van der Waals surface area contributed by atoms with Crippen LogP contribution in [0.1, 0.15) is 15.9 Å². The molecule has 0 fully saturated rings. The van der Waals surface area contributed by atoms with Gasteiger partial charge in [0.1, 0.15) is 19.0 Å². The summed E-state index contributed by atoms with van der Waals surface area (Å²) in [6.45, 7) is 1.60. The summed E-state index contributed by atoms with van der Waals surface area (Å²) in [5, 5.41) is 0. The van der Waals surface area contributed by atoms with E-state index in [0.29, 0.717) is 31.1 Å². The van der Waals surface area contributed by atoms with Gasteiger partial charge in [-0.2, -0.15) is 0 Å². The molecule has 2 aromatic carbocycles. The van der Waals surface area contributed by atoms with E-state index in [1.165, 1.54) is 0 Å². The van der Waals surface area contributed by atoms with Gasteiger partial charge in [0.05, 0.1) is 12.7 Å². The van der Waals surface area contributed by atoms with Gasteiger partial charge in [-0.1, -0.05) is 18.2 Å². The van der Waals surface area contributed by atoms with Crippen LogP contribution >= 0.6 is 0 Å². The molecule has 3 rings (SSSR count). The van der Waals surface area contributed by atoms with Crippen LogP contribution in [0.25, 0.3) is 0 Å². The molecule has 0 atom stereocenters. The summed E-state index contributed by atoms with van der Waals surface area (Å²) in [5.74, 6) is 1.97. The van der Waals surface area contributed by atoms with Crippen molar-refractivity contribution in [2.75, 3.05) is 27.4 Å². The zero-order chi connectivity index (χ0) is 16.2. The predicted molar refractivity (Wildman–Crippen MR) is 86.2 cm³/mol. The van der Waals surface area contributed by atoms with Crippen molar-refractivity contribution in [3.05, 3.63) is 53.6 Å². The van der Waals surface area contributed by atoms with E-state index in [4.69, 9.17) is 14.2 Å². The Morgan fingerprint density at radius 3 is 2.65 bits per heavy atom. The van der Waals surface area contributed by atoms with Gasteiger partial charge >= 0.3 is 0 Å². The van der Waals surface area contributed by atoms with Gasteiger partial charge in [0.15, 0.2) is 11.5 Å². The summed E-state index contributed by atoms with van der Waals surface area (Å²) >= 11 is 0. The van der Waals surface area contributed by atoms with E-state index in [1.54, 1.807) is 31.2 Å². The highest BCUT2D eigenvalue weighted by Gasteiger charge is 2.18.